The highest BCUT2D eigenvalue weighted by Crippen LogP contribution is 2.12. The Balaban J connectivity index is 3.13. The van der Waals surface area contributed by atoms with Crippen LogP contribution >= 0.6 is 0 Å². The van der Waals surface area contributed by atoms with Crippen molar-refractivity contribution in [1.82, 2.24) is 16.0 Å². The van der Waals surface area contributed by atoms with Gasteiger partial charge < -0.3 is 43.4 Å². The summed E-state index contributed by atoms with van der Waals surface area (Å²) >= 11 is 0. The minimum atomic E-state index is -1.47. The lowest BCUT2D eigenvalue weighted by Gasteiger charge is -2.24. The maximum Gasteiger partial charge on any atom is 0.326 e. The Hall–Kier alpha value is -4.20. The molecular formula is C20H28N6O8. The maximum absolute atomic E-state index is 12.9. The molecule has 0 bridgehead atoms. The van der Waals surface area contributed by atoms with Crippen LogP contribution in [0.3, 0.4) is 0 Å². The van der Waals surface area contributed by atoms with Gasteiger partial charge in [-0.2, -0.15) is 0 Å². The van der Waals surface area contributed by atoms with Crippen LogP contribution in [0.25, 0.3) is 0 Å². The van der Waals surface area contributed by atoms with Gasteiger partial charge >= 0.3 is 5.97 Å². The van der Waals surface area contributed by atoms with Gasteiger partial charge in [-0.1, -0.05) is 12.1 Å². The Morgan fingerprint density at radius 3 is 1.88 bits per heavy atom. The summed E-state index contributed by atoms with van der Waals surface area (Å²) in [6.07, 6.45) is -1.32. The average molecular weight is 480 g/mol. The summed E-state index contributed by atoms with van der Waals surface area (Å²) in [5.41, 5.74) is 15.9. The van der Waals surface area contributed by atoms with Gasteiger partial charge in [-0.15, -0.1) is 0 Å². The van der Waals surface area contributed by atoms with Gasteiger partial charge in [-0.05, 0) is 24.1 Å². The summed E-state index contributed by atoms with van der Waals surface area (Å²) in [5, 5.41) is 25.6. The lowest BCUT2D eigenvalue weighted by molar-refractivity contribution is -0.142. The van der Waals surface area contributed by atoms with E-state index in [1.807, 2.05) is 0 Å². The van der Waals surface area contributed by atoms with Crippen molar-refractivity contribution in [3.63, 3.8) is 0 Å². The fourth-order valence-electron chi connectivity index (χ4n) is 2.83. The number of benzene rings is 1. The summed E-state index contributed by atoms with van der Waals surface area (Å²) in [6, 6.07) is 1.36. The van der Waals surface area contributed by atoms with Gasteiger partial charge in [0.1, 0.15) is 23.9 Å². The highest BCUT2D eigenvalue weighted by molar-refractivity contribution is 5.95. The summed E-state index contributed by atoms with van der Waals surface area (Å²) in [7, 11) is 0. The number of aliphatic carboxylic acids is 1. The minimum Gasteiger partial charge on any atom is -0.508 e. The number of carboxylic acid groups (broad SMARTS) is 1. The van der Waals surface area contributed by atoms with E-state index in [1.165, 1.54) is 24.3 Å². The van der Waals surface area contributed by atoms with E-state index in [0.29, 0.717) is 5.56 Å². The first kappa shape index (κ1) is 27.8. The van der Waals surface area contributed by atoms with Gasteiger partial charge in [0.15, 0.2) is 0 Å². The van der Waals surface area contributed by atoms with E-state index in [2.05, 4.69) is 16.0 Å². The van der Waals surface area contributed by atoms with Crippen molar-refractivity contribution in [3.05, 3.63) is 29.8 Å². The summed E-state index contributed by atoms with van der Waals surface area (Å²) < 4.78 is 0. The molecule has 0 aliphatic heterocycles. The third kappa shape index (κ3) is 9.95. The molecule has 0 saturated carbocycles. The van der Waals surface area contributed by atoms with Crippen LogP contribution in [0.4, 0.5) is 0 Å². The van der Waals surface area contributed by atoms with E-state index < -0.39 is 66.6 Å². The molecule has 0 spiro atoms. The molecule has 1 rings (SSSR count). The number of primary amides is 2. The quantitative estimate of drug-likeness (QED) is 0.132. The van der Waals surface area contributed by atoms with Crippen LogP contribution in [-0.4, -0.2) is 70.4 Å². The predicted octanol–water partition coefficient (Wildman–Crippen LogP) is -3.43. The number of carbonyl (C=O) groups excluding carboxylic acids is 5. The lowest BCUT2D eigenvalue weighted by atomic mass is 10.0. The van der Waals surface area contributed by atoms with Gasteiger partial charge in [-0.25, -0.2) is 4.79 Å². The van der Waals surface area contributed by atoms with Crippen molar-refractivity contribution in [2.45, 2.75) is 43.8 Å². The van der Waals surface area contributed by atoms with Crippen LogP contribution in [0, 0.1) is 0 Å². The van der Waals surface area contributed by atoms with E-state index in [9.17, 15) is 39.0 Å². The molecule has 0 aliphatic carbocycles. The largest absolute Gasteiger partial charge is 0.508 e. The smallest absolute Gasteiger partial charge is 0.326 e. The molecule has 0 radical (unpaired) electrons. The normalized spacial score (nSPS) is 13.1. The van der Waals surface area contributed by atoms with Crippen LogP contribution in [0.1, 0.15) is 24.8 Å². The van der Waals surface area contributed by atoms with Crippen LogP contribution in [-0.2, 0) is 35.2 Å². The molecule has 3 unspecified atom stereocenters. The highest BCUT2D eigenvalue weighted by Gasteiger charge is 2.30. The van der Waals surface area contributed by atoms with Gasteiger partial charge in [0.2, 0.25) is 29.5 Å². The lowest BCUT2D eigenvalue weighted by Crippen LogP contribution is -2.57. The highest BCUT2D eigenvalue weighted by atomic mass is 16.4. The number of hydrogen-bond donors (Lipinski definition) is 8. The Morgan fingerprint density at radius 1 is 0.824 bits per heavy atom. The van der Waals surface area contributed by atoms with E-state index in [0.717, 1.165) is 0 Å². The van der Waals surface area contributed by atoms with E-state index in [-0.39, 0.29) is 25.0 Å². The molecule has 1 aromatic rings. The second-order valence-electron chi connectivity index (χ2n) is 7.33. The van der Waals surface area contributed by atoms with Gasteiger partial charge in [-0.3, -0.25) is 24.0 Å². The van der Waals surface area contributed by atoms with Crippen molar-refractivity contribution >= 4 is 35.5 Å². The second-order valence-corrected chi connectivity index (χ2v) is 7.33. The monoisotopic (exact) mass is 480 g/mol. The number of hydrogen-bond acceptors (Lipinski definition) is 8. The van der Waals surface area contributed by atoms with Crippen molar-refractivity contribution < 1.29 is 39.0 Å². The van der Waals surface area contributed by atoms with Crippen molar-refractivity contribution in [1.29, 1.82) is 0 Å². The fourth-order valence-corrected chi connectivity index (χ4v) is 2.83. The molecule has 3 atom stereocenters. The zero-order valence-corrected chi connectivity index (χ0v) is 18.2. The van der Waals surface area contributed by atoms with Gasteiger partial charge in [0.25, 0.3) is 0 Å². The average Bonchev–Trinajstić information content (AvgIpc) is 2.76. The van der Waals surface area contributed by atoms with Gasteiger partial charge in [0, 0.05) is 12.8 Å². The maximum atomic E-state index is 12.9. The van der Waals surface area contributed by atoms with Crippen LogP contribution in [0.2, 0.25) is 0 Å². The molecule has 34 heavy (non-hydrogen) atoms. The molecule has 0 fully saturated rings. The van der Waals surface area contributed by atoms with Crippen molar-refractivity contribution in [3.8, 4) is 5.75 Å². The van der Waals surface area contributed by atoms with E-state index in [4.69, 9.17) is 17.2 Å². The Kier molecular flexibility index (Phi) is 10.9. The number of amides is 5. The van der Waals surface area contributed by atoms with Crippen molar-refractivity contribution in [2.75, 3.05) is 6.54 Å². The first-order chi connectivity index (χ1) is 15.9. The van der Waals surface area contributed by atoms with E-state index >= 15 is 0 Å². The van der Waals surface area contributed by atoms with Crippen molar-refractivity contribution in [2.24, 2.45) is 17.2 Å². The van der Waals surface area contributed by atoms with Crippen LogP contribution < -0.4 is 33.2 Å². The predicted molar refractivity (Wildman–Crippen MR) is 117 cm³/mol. The molecule has 14 nitrogen and oxygen atoms in total. The Labute approximate surface area is 194 Å². The molecular weight excluding hydrogens is 452 g/mol. The number of nitrogens with one attached hydrogen (secondary N) is 3. The zero-order chi connectivity index (χ0) is 25.8. The molecule has 5 amide bonds. The number of carboxylic acids is 1. The Bertz CT molecular complexity index is 920. The molecule has 1 aromatic carbocycles. The number of phenols is 1. The number of nitrogens with two attached hydrogens (primary N) is 3. The number of rotatable bonds is 14. The number of aromatic hydroxyl groups is 1. The summed E-state index contributed by atoms with van der Waals surface area (Å²) in [6.45, 7) is -0.472. The molecule has 0 saturated heterocycles. The topological polar surface area (TPSA) is 257 Å². The molecule has 14 heteroatoms. The van der Waals surface area contributed by atoms with Gasteiger partial charge in [0.05, 0.1) is 13.0 Å². The SMILES string of the molecule is NCC(=O)NC(CC(N)=O)C(=O)NC(Cc1ccc(O)cc1)C(=O)NC(CCC(N)=O)C(=O)O. The van der Waals surface area contributed by atoms with Crippen LogP contribution in [0.15, 0.2) is 24.3 Å². The zero-order valence-electron chi connectivity index (χ0n) is 18.2. The molecule has 0 heterocycles. The minimum absolute atomic E-state index is 0.0443. The summed E-state index contributed by atoms with van der Waals surface area (Å²) in [4.78, 5) is 71.1. The molecule has 0 aliphatic rings. The summed E-state index contributed by atoms with van der Waals surface area (Å²) in [5.74, 6) is -5.75. The Morgan fingerprint density at radius 2 is 1.38 bits per heavy atom. The first-order valence-electron chi connectivity index (χ1n) is 10.1. The fraction of sp³-hybridized carbons (Fsp3) is 0.400. The van der Waals surface area contributed by atoms with Crippen LogP contribution in [0.5, 0.6) is 5.75 Å². The first-order valence-corrected chi connectivity index (χ1v) is 10.1. The number of phenolic OH excluding ortho intramolecular Hbond substituents is 1. The number of carbonyl (C=O) groups is 6. The molecule has 0 aromatic heterocycles. The third-order valence-corrected chi connectivity index (χ3v) is 4.55. The van der Waals surface area contributed by atoms with E-state index in [1.54, 1.807) is 0 Å². The standard InChI is InChI=1S/C20H28N6O8/c21-9-17(30)24-14(8-16(23)29)19(32)26-13(7-10-1-3-11(27)4-2-10)18(31)25-12(20(33)34)5-6-15(22)28/h1-4,12-14,27H,5-9,21H2,(H2,22,28)(H2,23,29)(H,24,30)(H,25,31)(H,26,32)(H,33,34). The second kappa shape index (κ2) is 13.4. The molecule has 11 N–H and O–H groups in total. The third-order valence-electron chi connectivity index (χ3n) is 4.55. The molecule has 186 valence electrons.